The summed E-state index contributed by atoms with van der Waals surface area (Å²) in [7, 11) is 0. The van der Waals surface area contributed by atoms with Gasteiger partial charge >= 0.3 is 0 Å². The molecule has 0 unspecified atom stereocenters. The number of aryl methyl sites for hydroxylation is 1. The summed E-state index contributed by atoms with van der Waals surface area (Å²) in [6.45, 7) is 0. The van der Waals surface area contributed by atoms with E-state index in [9.17, 15) is 4.79 Å². The smallest absolute Gasteiger partial charge is 0.222 e. The summed E-state index contributed by atoms with van der Waals surface area (Å²) in [6.07, 6.45) is 4.26. The van der Waals surface area contributed by atoms with Crippen molar-refractivity contribution in [3.05, 3.63) is 18.2 Å². The molecule has 0 saturated heterocycles. The lowest BCUT2D eigenvalue weighted by atomic mass is 10.3. The maximum Gasteiger partial charge on any atom is 0.222 e. The molecule has 0 radical (unpaired) electrons. The number of carbonyl (C=O) groups is 1. The van der Waals surface area contributed by atoms with E-state index in [0.29, 0.717) is 12.8 Å². The molecular weight excluding hydrogens is 152 g/mol. The van der Waals surface area contributed by atoms with Crippen LogP contribution in [0.15, 0.2) is 12.5 Å². The molecule has 0 fully saturated rings. The maximum absolute atomic E-state index is 10.3. The van der Waals surface area contributed by atoms with Crippen molar-refractivity contribution in [3.8, 4) is 0 Å². The van der Waals surface area contributed by atoms with E-state index in [2.05, 4.69) is 9.97 Å². The van der Waals surface area contributed by atoms with Crippen LogP contribution in [0.2, 0.25) is 0 Å². The number of hydrogen-bond donors (Lipinski definition) is 1. The second-order valence-corrected chi connectivity index (χ2v) is 2.35. The van der Waals surface area contributed by atoms with E-state index in [4.69, 9.17) is 11.6 Å². The maximum atomic E-state index is 10.3. The van der Waals surface area contributed by atoms with Gasteiger partial charge in [-0.2, -0.15) is 0 Å². The van der Waals surface area contributed by atoms with Crippen molar-refractivity contribution in [3.63, 3.8) is 0 Å². The van der Waals surface area contributed by atoms with Gasteiger partial charge < -0.3 is 4.98 Å². The molecule has 1 aromatic rings. The zero-order valence-electron chi connectivity index (χ0n) is 5.30. The average molecular weight is 159 g/mol. The second-order valence-electron chi connectivity index (χ2n) is 1.93. The molecule has 0 spiro atoms. The van der Waals surface area contributed by atoms with Crippen LogP contribution in [0, 0.1) is 0 Å². The quantitative estimate of drug-likeness (QED) is 0.670. The molecule has 0 saturated carbocycles. The fraction of sp³-hybridized carbons (Fsp3) is 0.333. The zero-order valence-corrected chi connectivity index (χ0v) is 6.06. The third-order valence-corrected chi connectivity index (χ3v) is 1.33. The molecule has 1 rings (SSSR count). The van der Waals surface area contributed by atoms with Crippen molar-refractivity contribution in [1.29, 1.82) is 0 Å². The topological polar surface area (TPSA) is 45.8 Å². The first-order chi connectivity index (χ1) is 4.79. The predicted molar refractivity (Wildman–Crippen MR) is 37.8 cm³/mol. The van der Waals surface area contributed by atoms with Gasteiger partial charge in [0, 0.05) is 18.3 Å². The Morgan fingerprint density at radius 2 is 2.60 bits per heavy atom. The molecule has 10 heavy (non-hydrogen) atoms. The molecule has 3 nitrogen and oxygen atoms in total. The molecule has 0 amide bonds. The average Bonchev–Trinajstić information content (AvgIpc) is 2.34. The Labute approximate surface area is 63.4 Å². The highest BCUT2D eigenvalue weighted by atomic mass is 35.5. The summed E-state index contributed by atoms with van der Waals surface area (Å²) in [6, 6.07) is 0. The van der Waals surface area contributed by atoms with Gasteiger partial charge in [-0.25, -0.2) is 4.98 Å². The molecule has 0 aliphatic heterocycles. The molecule has 1 N–H and O–H groups in total. The zero-order chi connectivity index (χ0) is 7.40. The summed E-state index contributed by atoms with van der Waals surface area (Å²) in [5.74, 6) is 0. The van der Waals surface area contributed by atoms with Crippen LogP contribution in [-0.2, 0) is 11.2 Å². The fourth-order valence-corrected chi connectivity index (χ4v) is 0.749. The number of H-pyrrole nitrogens is 1. The van der Waals surface area contributed by atoms with E-state index >= 15 is 0 Å². The van der Waals surface area contributed by atoms with Crippen LogP contribution in [0.25, 0.3) is 0 Å². The molecule has 54 valence electrons. The Balaban J connectivity index is 2.35. The van der Waals surface area contributed by atoms with Crippen LogP contribution in [-0.4, -0.2) is 15.2 Å². The van der Waals surface area contributed by atoms with Crippen molar-refractivity contribution in [2.75, 3.05) is 0 Å². The SMILES string of the molecule is O=C(Cl)CCc1cnc[nH]1. The van der Waals surface area contributed by atoms with Crippen LogP contribution < -0.4 is 0 Å². The molecule has 0 aromatic carbocycles. The Bertz CT molecular complexity index is 208. The van der Waals surface area contributed by atoms with E-state index < -0.39 is 0 Å². The Morgan fingerprint density at radius 3 is 3.10 bits per heavy atom. The van der Waals surface area contributed by atoms with Gasteiger partial charge in [-0.3, -0.25) is 4.79 Å². The number of nitrogens with one attached hydrogen (secondary N) is 1. The van der Waals surface area contributed by atoms with E-state index in [1.165, 1.54) is 0 Å². The van der Waals surface area contributed by atoms with E-state index in [1.54, 1.807) is 12.5 Å². The summed E-state index contributed by atoms with van der Waals surface area (Å²) < 4.78 is 0. The van der Waals surface area contributed by atoms with Gasteiger partial charge in [-0.05, 0) is 18.0 Å². The number of aromatic amines is 1. The number of nitrogens with zero attached hydrogens (tertiary/aromatic N) is 1. The molecule has 0 aliphatic rings. The predicted octanol–water partition coefficient (Wildman–Crippen LogP) is 1.11. The Kier molecular flexibility index (Phi) is 2.45. The van der Waals surface area contributed by atoms with Crippen molar-refractivity contribution < 1.29 is 4.79 Å². The lowest BCUT2D eigenvalue weighted by Crippen LogP contribution is -1.90. The first-order valence-electron chi connectivity index (χ1n) is 2.94. The van der Waals surface area contributed by atoms with Gasteiger partial charge in [-0.15, -0.1) is 0 Å². The van der Waals surface area contributed by atoms with E-state index in [0.717, 1.165) is 5.69 Å². The Hall–Kier alpha value is -0.830. The third-order valence-electron chi connectivity index (χ3n) is 1.15. The fourth-order valence-electron chi connectivity index (χ4n) is 0.654. The summed E-state index contributed by atoms with van der Waals surface area (Å²) >= 11 is 5.12. The number of imidazole rings is 1. The van der Waals surface area contributed by atoms with E-state index in [1.807, 2.05) is 0 Å². The normalized spacial score (nSPS) is 9.70. The lowest BCUT2D eigenvalue weighted by Gasteiger charge is -1.89. The largest absolute Gasteiger partial charge is 0.348 e. The third kappa shape index (κ3) is 2.19. The van der Waals surface area contributed by atoms with Gasteiger partial charge in [0.1, 0.15) is 0 Å². The standard InChI is InChI=1S/C6H7ClN2O/c7-6(10)2-1-5-3-8-4-9-5/h3-4H,1-2H2,(H,8,9). The Morgan fingerprint density at radius 1 is 1.80 bits per heavy atom. The van der Waals surface area contributed by atoms with Gasteiger partial charge in [0.05, 0.1) is 6.33 Å². The summed E-state index contributed by atoms with van der Waals surface area (Å²) in [5.41, 5.74) is 0.939. The monoisotopic (exact) mass is 158 g/mol. The van der Waals surface area contributed by atoms with Gasteiger partial charge in [0.25, 0.3) is 0 Å². The van der Waals surface area contributed by atoms with Crippen LogP contribution in [0.3, 0.4) is 0 Å². The van der Waals surface area contributed by atoms with Crippen molar-refractivity contribution in [1.82, 2.24) is 9.97 Å². The van der Waals surface area contributed by atoms with Crippen molar-refractivity contribution in [2.45, 2.75) is 12.8 Å². The van der Waals surface area contributed by atoms with E-state index in [-0.39, 0.29) is 5.24 Å². The van der Waals surface area contributed by atoms with Crippen LogP contribution in [0.1, 0.15) is 12.1 Å². The summed E-state index contributed by atoms with van der Waals surface area (Å²) in [5, 5.41) is -0.311. The first kappa shape index (κ1) is 7.28. The van der Waals surface area contributed by atoms with Crippen LogP contribution in [0.4, 0.5) is 0 Å². The number of hydrogen-bond acceptors (Lipinski definition) is 2. The van der Waals surface area contributed by atoms with Crippen molar-refractivity contribution in [2.24, 2.45) is 0 Å². The number of carbonyl (C=O) groups excluding carboxylic acids is 1. The molecule has 4 heteroatoms. The van der Waals surface area contributed by atoms with Crippen LogP contribution in [0.5, 0.6) is 0 Å². The molecule has 1 aromatic heterocycles. The molecule has 0 atom stereocenters. The van der Waals surface area contributed by atoms with Gasteiger partial charge in [0.15, 0.2) is 0 Å². The van der Waals surface area contributed by atoms with Crippen molar-refractivity contribution >= 4 is 16.8 Å². The van der Waals surface area contributed by atoms with Gasteiger partial charge in [0.2, 0.25) is 5.24 Å². The highest BCUT2D eigenvalue weighted by molar-refractivity contribution is 6.63. The lowest BCUT2D eigenvalue weighted by molar-refractivity contribution is -0.111. The molecule has 1 heterocycles. The number of aromatic nitrogens is 2. The number of rotatable bonds is 3. The number of halogens is 1. The first-order valence-corrected chi connectivity index (χ1v) is 3.32. The molecule has 0 bridgehead atoms. The minimum Gasteiger partial charge on any atom is -0.348 e. The van der Waals surface area contributed by atoms with Gasteiger partial charge in [-0.1, -0.05) is 0 Å². The molecular formula is C6H7ClN2O. The second kappa shape index (κ2) is 3.37. The summed E-state index contributed by atoms with van der Waals surface area (Å²) in [4.78, 5) is 16.9. The highest BCUT2D eigenvalue weighted by Crippen LogP contribution is 1.98. The highest BCUT2D eigenvalue weighted by Gasteiger charge is 1.97. The minimum absolute atomic E-state index is 0.311. The van der Waals surface area contributed by atoms with Crippen LogP contribution >= 0.6 is 11.6 Å². The molecule has 0 aliphatic carbocycles. The minimum atomic E-state index is -0.311.